The molecule has 0 fully saturated rings. The largest absolute Gasteiger partial charge is 0.493 e. The van der Waals surface area contributed by atoms with E-state index < -0.39 is 0 Å². The van der Waals surface area contributed by atoms with E-state index in [2.05, 4.69) is 5.10 Å². The number of ether oxygens (including phenoxy) is 2. The molecule has 0 aliphatic carbocycles. The Morgan fingerprint density at radius 3 is 2.86 bits per heavy atom. The summed E-state index contributed by atoms with van der Waals surface area (Å²) in [4.78, 5) is 11.6. The summed E-state index contributed by atoms with van der Waals surface area (Å²) < 4.78 is 12.3. The number of benzene rings is 1. The number of aromatic nitrogens is 2. The van der Waals surface area contributed by atoms with Gasteiger partial charge in [-0.15, -0.1) is 0 Å². The van der Waals surface area contributed by atoms with Crippen molar-refractivity contribution in [2.24, 2.45) is 7.05 Å². The first-order valence-corrected chi connectivity index (χ1v) is 6.68. The van der Waals surface area contributed by atoms with Crippen LogP contribution in [-0.2, 0) is 23.2 Å². The minimum atomic E-state index is -0.308. The van der Waals surface area contributed by atoms with E-state index in [1.165, 1.54) is 0 Å². The first-order chi connectivity index (χ1) is 10.0. The smallest absolute Gasteiger partial charge is 0.309 e. The van der Waals surface area contributed by atoms with E-state index >= 15 is 0 Å². The van der Waals surface area contributed by atoms with E-state index in [0.717, 1.165) is 11.4 Å². The van der Waals surface area contributed by atoms with E-state index in [1.807, 2.05) is 20.0 Å². The molecule has 0 radical (unpaired) electrons. The summed E-state index contributed by atoms with van der Waals surface area (Å²) in [7, 11) is 1.82. The molecule has 0 unspecified atom stereocenters. The molecule has 21 heavy (non-hydrogen) atoms. The van der Waals surface area contributed by atoms with Crippen LogP contribution in [0.5, 0.6) is 5.75 Å². The Balaban J connectivity index is 1.71. The molecular formula is C15H19N3O3. The van der Waals surface area contributed by atoms with Crippen molar-refractivity contribution in [1.82, 2.24) is 9.78 Å². The van der Waals surface area contributed by atoms with Gasteiger partial charge in [-0.1, -0.05) is 6.07 Å². The fourth-order valence-corrected chi connectivity index (χ4v) is 1.88. The standard InChI is InChI=1S/C15H19N3O3/c1-11-8-13(18(2)17-11)10-21-15(19)6-7-20-14-5-3-4-12(16)9-14/h3-5,8-9H,6-7,10,16H2,1-2H3. The summed E-state index contributed by atoms with van der Waals surface area (Å²) in [6, 6.07) is 8.96. The van der Waals surface area contributed by atoms with Crippen LogP contribution in [0.2, 0.25) is 0 Å². The molecule has 2 rings (SSSR count). The van der Waals surface area contributed by atoms with Gasteiger partial charge in [-0.3, -0.25) is 9.48 Å². The zero-order valence-electron chi connectivity index (χ0n) is 12.2. The van der Waals surface area contributed by atoms with Crippen molar-refractivity contribution in [3.63, 3.8) is 0 Å². The van der Waals surface area contributed by atoms with Crippen molar-refractivity contribution in [1.29, 1.82) is 0 Å². The van der Waals surface area contributed by atoms with Gasteiger partial charge in [0, 0.05) is 18.8 Å². The normalized spacial score (nSPS) is 10.4. The third kappa shape index (κ3) is 4.52. The van der Waals surface area contributed by atoms with Crippen molar-refractivity contribution >= 4 is 11.7 Å². The molecule has 0 saturated carbocycles. The maximum absolute atomic E-state index is 11.6. The quantitative estimate of drug-likeness (QED) is 0.648. The van der Waals surface area contributed by atoms with E-state index in [1.54, 1.807) is 28.9 Å². The molecule has 0 saturated heterocycles. The number of nitrogens with two attached hydrogens (primary N) is 1. The number of esters is 1. The molecule has 6 nitrogen and oxygen atoms in total. The molecule has 1 aromatic heterocycles. The number of aryl methyl sites for hydroxylation is 2. The number of anilines is 1. The van der Waals surface area contributed by atoms with Crippen LogP contribution in [0.1, 0.15) is 17.8 Å². The molecule has 0 bridgehead atoms. The van der Waals surface area contributed by atoms with Crippen LogP contribution in [0.15, 0.2) is 30.3 Å². The lowest BCUT2D eigenvalue weighted by atomic mass is 10.3. The molecule has 0 atom stereocenters. The predicted octanol–water partition coefficient (Wildman–Crippen LogP) is 1.82. The van der Waals surface area contributed by atoms with Gasteiger partial charge in [-0.2, -0.15) is 5.10 Å². The first-order valence-electron chi connectivity index (χ1n) is 6.68. The molecule has 1 aromatic carbocycles. The molecule has 6 heteroatoms. The lowest BCUT2D eigenvalue weighted by molar-refractivity contribution is -0.145. The monoisotopic (exact) mass is 289 g/mol. The average molecular weight is 289 g/mol. The molecule has 0 aliphatic rings. The van der Waals surface area contributed by atoms with Gasteiger partial charge in [-0.25, -0.2) is 0 Å². The number of carbonyl (C=O) groups excluding carboxylic acids is 1. The van der Waals surface area contributed by atoms with Gasteiger partial charge in [0.05, 0.1) is 24.4 Å². The van der Waals surface area contributed by atoms with Gasteiger partial charge in [0.1, 0.15) is 12.4 Å². The van der Waals surface area contributed by atoms with Crippen LogP contribution in [0.3, 0.4) is 0 Å². The molecule has 112 valence electrons. The Hall–Kier alpha value is -2.50. The number of carbonyl (C=O) groups is 1. The van der Waals surface area contributed by atoms with Gasteiger partial charge in [0.25, 0.3) is 0 Å². The third-order valence-electron chi connectivity index (χ3n) is 2.91. The van der Waals surface area contributed by atoms with Gasteiger partial charge >= 0.3 is 5.97 Å². The lowest BCUT2D eigenvalue weighted by Crippen LogP contribution is -2.11. The molecule has 2 aromatic rings. The number of hydrogen-bond donors (Lipinski definition) is 1. The second kappa shape index (κ2) is 6.78. The number of nitrogen functional groups attached to an aromatic ring is 1. The van der Waals surface area contributed by atoms with Gasteiger partial charge < -0.3 is 15.2 Å². The molecule has 0 aliphatic heterocycles. The minimum Gasteiger partial charge on any atom is -0.493 e. The van der Waals surface area contributed by atoms with Crippen LogP contribution in [-0.4, -0.2) is 22.4 Å². The summed E-state index contributed by atoms with van der Waals surface area (Å²) in [6.45, 7) is 2.37. The van der Waals surface area contributed by atoms with Gasteiger partial charge in [0.2, 0.25) is 0 Å². The molecule has 2 N–H and O–H groups in total. The molecule has 0 amide bonds. The fourth-order valence-electron chi connectivity index (χ4n) is 1.88. The summed E-state index contributed by atoms with van der Waals surface area (Å²) in [5.41, 5.74) is 8.02. The molecular weight excluding hydrogens is 270 g/mol. The van der Waals surface area contributed by atoms with Crippen molar-refractivity contribution in [3.8, 4) is 5.75 Å². The number of rotatable bonds is 6. The summed E-state index contributed by atoms with van der Waals surface area (Å²) in [5, 5.41) is 4.19. The Bertz CT molecular complexity index is 622. The topological polar surface area (TPSA) is 79.4 Å². The highest BCUT2D eigenvalue weighted by atomic mass is 16.5. The summed E-state index contributed by atoms with van der Waals surface area (Å²) in [5.74, 6) is 0.336. The second-order valence-electron chi connectivity index (χ2n) is 4.73. The highest BCUT2D eigenvalue weighted by Crippen LogP contribution is 2.14. The zero-order chi connectivity index (χ0) is 15.2. The summed E-state index contributed by atoms with van der Waals surface area (Å²) in [6.07, 6.45) is 0.186. The van der Waals surface area contributed by atoms with Crippen LogP contribution in [0.4, 0.5) is 5.69 Å². The van der Waals surface area contributed by atoms with Crippen molar-refractivity contribution in [2.45, 2.75) is 20.0 Å². The maximum atomic E-state index is 11.6. The predicted molar refractivity (Wildman–Crippen MR) is 78.7 cm³/mol. The first kappa shape index (κ1) is 14.9. The highest BCUT2D eigenvalue weighted by molar-refractivity contribution is 5.69. The second-order valence-corrected chi connectivity index (χ2v) is 4.73. The van der Waals surface area contributed by atoms with E-state index in [4.69, 9.17) is 15.2 Å². The zero-order valence-corrected chi connectivity index (χ0v) is 12.2. The number of nitrogens with zero attached hydrogens (tertiary/aromatic N) is 2. The van der Waals surface area contributed by atoms with Crippen molar-refractivity contribution < 1.29 is 14.3 Å². The van der Waals surface area contributed by atoms with E-state index in [0.29, 0.717) is 11.4 Å². The minimum absolute atomic E-state index is 0.186. The number of hydrogen-bond acceptors (Lipinski definition) is 5. The SMILES string of the molecule is Cc1cc(COC(=O)CCOc2cccc(N)c2)n(C)n1. The molecule has 1 heterocycles. The Morgan fingerprint density at radius 1 is 1.38 bits per heavy atom. The van der Waals surface area contributed by atoms with E-state index in [-0.39, 0.29) is 25.6 Å². The van der Waals surface area contributed by atoms with Crippen LogP contribution in [0, 0.1) is 6.92 Å². The van der Waals surface area contributed by atoms with Crippen LogP contribution < -0.4 is 10.5 Å². The van der Waals surface area contributed by atoms with Crippen LogP contribution >= 0.6 is 0 Å². The van der Waals surface area contributed by atoms with Crippen molar-refractivity contribution in [3.05, 3.63) is 41.7 Å². The Morgan fingerprint density at radius 2 is 2.19 bits per heavy atom. The molecule has 0 spiro atoms. The lowest BCUT2D eigenvalue weighted by Gasteiger charge is -2.07. The average Bonchev–Trinajstić information content (AvgIpc) is 2.75. The van der Waals surface area contributed by atoms with Gasteiger partial charge in [-0.05, 0) is 25.1 Å². The Labute approximate surface area is 123 Å². The highest BCUT2D eigenvalue weighted by Gasteiger charge is 2.07. The third-order valence-corrected chi connectivity index (χ3v) is 2.91. The van der Waals surface area contributed by atoms with E-state index in [9.17, 15) is 4.79 Å². The Kier molecular flexibility index (Phi) is 4.81. The van der Waals surface area contributed by atoms with Crippen molar-refractivity contribution in [2.75, 3.05) is 12.3 Å². The maximum Gasteiger partial charge on any atom is 0.309 e. The fraction of sp³-hybridized carbons (Fsp3) is 0.333. The van der Waals surface area contributed by atoms with Gasteiger partial charge in [0.15, 0.2) is 0 Å². The van der Waals surface area contributed by atoms with Crippen LogP contribution in [0.25, 0.3) is 0 Å². The summed E-state index contributed by atoms with van der Waals surface area (Å²) >= 11 is 0.